The third kappa shape index (κ3) is 3.05. The van der Waals surface area contributed by atoms with Crippen LogP contribution in [0.4, 0.5) is 13.2 Å². The van der Waals surface area contributed by atoms with Gasteiger partial charge in [-0.2, -0.15) is 23.4 Å². The molecule has 0 fully saturated rings. The number of nitrogens with zero attached hydrogens (tertiary/aromatic N) is 5. The number of aryl methyl sites for hydroxylation is 1. The number of halogens is 3. The van der Waals surface area contributed by atoms with Gasteiger partial charge in [-0.3, -0.25) is 14.3 Å². The van der Waals surface area contributed by atoms with Gasteiger partial charge in [-0.15, -0.1) is 0 Å². The van der Waals surface area contributed by atoms with Crippen LogP contribution in [0.15, 0.2) is 55.1 Å². The Morgan fingerprint density at radius 3 is 2.58 bits per heavy atom. The van der Waals surface area contributed by atoms with Crippen LogP contribution in [0.25, 0.3) is 22.2 Å². The molecule has 0 aliphatic rings. The van der Waals surface area contributed by atoms with Crippen LogP contribution in [-0.2, 0) is 19.8 Å². The zero-order valence-electron chi connectivity index (χ0n) is 13.8. The lowest BCUT2D eigenvalue weighted by atomic mass is 10.1. The maximum absolute atomic E-state index is 12.9. The molecule has 0 atom stereocenters. The van der Waals surface area contributed by atoms with E-state index in [1.165, 1.54) is 6.07 Å². The van der Waals surface area contributed by atoms with E-state index in [1.54, 1.807) is 34.0 Å². The molecule has 0 aliphatic heterocycles. The first-order valence-corrected chi connectivity index (χ1v) is 7.87. The van der Waals surface area contributed by atoms with Gasteiger partial charge >= 0.3 is 6.18 Å². The van der Waals surface area contributed by atoms with Crippen molar-refractivity contribution in [3.05, 3.63) is 66.2 Å². The topological polar surface area (TPSA) is 48.5 Å². The second kappa shape index (κ2) is 5.98. The fraction of sp³-hybridized carbons (Fsp3) is 0.167. The van der Waals surface area contributed by atoms with Gasteiger partial charge in [0.15, 0.2) is 0 Å². The van der Waals surface area contributed by atoms with E-state index >= 15 is 0 Å². The summed E-state index contributed by atoms with van der Waals surface area (Å²) >= 11 is 0. The Morgan fingerprint density at radius 2 is 1.85 bits per heavy atom. The molecule has 132 valence electrons. The monoisotopic (exact) mass is 357 g/mol. The summed E-state index contributed by atoms with van der Waals surface area (Å²) in [5.74, 6) is 0. The Morgan fingerprint density at radius 1 is 1.00 bits per heavy atom. The quantitative estimate of drug-likeness (QED) is 0.559. The van der Waals surface area contributed by atoms with Crippen molar-refractivity contribution in [1.29, 1.82) is 0 Å². The summed E-state index contributed by atoms with van der Waals surface area (Å²) in [5.41, 5.74) is 3.08. The molecule has 0 unspecified atom stereocenters. The van der Waals surface area contributed by atoms with Gasteiger partial charge < -0.3 is 0 Å². The highest BCUT2D eigenvalue weighted by atomic mass is 19.4. The van der Waals surface area contributed by atoms with Crippen molar-refractivity contribution >= 4 is 11.0 Å². The van der Waals surface area contributed by atoms with Gasteiger partial charge in [0, 0.05) is 30.6 Å². The summed E-state index contributed by atoms with van der Waals surface area (Å²) in [7, 11) is 1.83. The number of hydrogen-bond acceptors (Lipinski definition) is 3. The third-order valence-electron chi connectivity index (χ3n) is 4.12. The molecule has 8 heteroatoms. The van der Waals surface area contributed by atoms with Gasteiger partial charge in [-0.05, 0) is 23.8 Å². The SMILES string of the molecule is Cn1cc(-c2cnc3cnn(Cc4cccc(C(F)(F)F)c4)c3c2)cn1. The Balaban J connectivity index is 1.71. The minimum atomic E-state index is -4.36. The van der Waals surface area contributed by atoms with Crippen LogP contribution in [0.2, 0.25) is 0 Å². The Bertz CT molecular complexity index is 1080. The fourth-order valence-electron chi connectivity index (χ4n) is 2.83. The summed E-state index contributed by atoms with van der Waals surface area (Å²) in [4.78, 5) is 4.39. The predicted octanol–water partition coefficient (Wildman–Crippen LogP) is 3.90. The number of alkyl halides is 3. The number of aromatic nitrogens is 5. The molecule has 0 saturated carbocycles. The minimum absolute atomic E-state index is 0.228. The van der Waals surface area contributed by atoms with Gasteiger partial charge in [0.1, 0.15) is 5.52 Å². The van der Waals surface area contributed by atoms with Gasteiger partial charge in [-0.25, -0.2) is 0 Å². The number of hydrogen-bond donors (Lipinski definition) is 0. The minimum Gasteiger partial charge on any atom is -0.275 e. The first-order valence-electron chi connectivity index (χ1n) is 7.87. The Kier molecular flexibility index (Phi) is 3.75. The van der Waals surface area contributed by atoms with Crippen molar-refractivity contribution in [3.63, 3.8) is 0 Å². The number of benzene rings is 1. The molecule has 4 aromatic rings. The Hall–Kier alpha value is -3.16. The molecular weight excluding hydrogens is 343 g/mol. The lowest BCUT2D eigenvalue weighted by molar-refractivity contribution is -0.137. The van der Waals surface area contributed by atoms with Crippen molar-refractivity contribution in [2.75, 3.05) is 0 Å². The maximum Gasteiger partial charge on any atom is 0.416 e. The summed E-state index contributed by atoms with van der Waals surface area (Å²) in [6.07, 6.45) is 2.58. The lowest BCUT2D eigenvalue weighted by Crippen LogP contribution is -2.07. The second-order valence-corrected chi connectivity index (χ2v) is 6.03. The van der Waals surface area contributed by atoms with E-state index in [-0.39, 0.29) is 6.54 Å². The normalized spacial score (nSPS) is 12.0. The molecule has 1 aromatic carbocycles. The molecule has 0 spiro atoms. The van der Waals surface area contributed by atoms with Crippen LogP contribution in [0.3, 0.4) is 0 Å². The van der Waals surface area contributed by atoms with Crippen LogP contribution >= 0.6 is 0 Å². The van der Waals surface area contributed by atoms with Crippen LogP contribution < -0.4 is 0 Å². The average Bonchev–Trinajstić information content (AvgIpc) is 3.21. The molecule has 0 aliphatic carbocycles. The van der Waals surface area contributed by atoms with Crippen LogP contribution in [0, 0.1) is 0 Å². The zero-order valence-corrected chi connectivity index (χ0v) is 13.8. The van der Waals surface area contributed by atoms with Crippen molar-refractivity contribution in [3.8, 4) is 11.1 Å². The van der Waals surface area contributed by atoms with E-state index in [0.29, 0.717) is 11.1 Å². The molecule has 26 heavy (non-hydrogen) atoms. The third-order valence-corrected chi connectivity index (χ3v) is 4.12. The molecule has 3 aromatic heterocycles. The first kappa shape index (κ1) is 16.3. The smallest absolute Gasteiger partial charge is 0.275 e. The van der Waals surface area contributed by atoms with Crippen molar-refractivity contribution < 1.29 is 13.2 Å². The molecular formula is C18H14F3N5. The van der Waals surface area contributed by atoms with Gasteiger partial charge in [0.25, 0.3) is 0 Å². The van der Waals surface area contributed by atoms with E-state index in [4.69, 9.17) is 0 Å². The van der Waals surface area contributed by atoms with Crippen molar-refractivity contribution in [2.45, 2.75) is 12.7 Å². The molecule has 3 heterocycles. The average molecular weight is 357 g/mol. The highest BCUT2D eigenvalue weighted by Crippen LogP contribution is 2.30. The molecule has 0 amide bonds. The van der Waals surface area contributed by atoms with Crippen LogP contribution in [0.1, 0.15) is 11.1 Å². The molecule has 0 radical (unpaired) electrons. The largest absolute Gasteiger partial charge is 0.416 e. The number of rotatable bonds is 3. The highest BCUT2D eigenvalue weighted by Gasteiger charge is 2.30. The maximum atomic E-state index is 12.9. The molecule has 5 nitrogen and oxygen atoms in total. The molecule has 0 saturated heterocycles. The summed E-state index contributed by atoms with van der Waals surface area (Å²) in [6.45, 7) is 0.228. The lowest BCUT2D eigenvalue weighted by Gasteiger charge is -2.09. The van der Waals surface area contributed by atoms with E-state index in [2.05, 4.69) is 15.2 Å². The van der Waals surface area contributed by atoms with E-state index in [9.17, 15) is 13.2 Å². The van der Waals surface area contributed by atoms with Gasteiger partial charge in [0.05, 0.1) is 30.0 Å². The number of fused-ring (bicyclic) bond motifs is 1. The fourth-order valence-corrected chi connectivity index (χ4v) is 2.83. The second-order valence-electron chi connectivity index (χ2n) is 6.03. The number of pyridine rings is 1. The van der Waals surface area contributed by atoms with Crippen LogP contribution in [-0.4, -0.2) is 24.5 Å². The highest BCUT2D eigenvalue weighted by molar-refractivity contribution is 5.80. The first-order chi connectivity index (χ1) is 12.4. The van der Waals surface area contributed by atoms with Gasteiger partial charge in [0.2, 0.25) is 0 Å². The summed E-state index contributed by atoms with van der Waals surface area (Å²) in [5, 5.41) is 8.42. The molecule has 4 rings (SSSR count). The Labute approximate surface area is 146 Å². The predicted molar refractivity (Wildman–Crippen MR) is 90.3 cm³/mol. The van der Waals surface area contributed by atoms with Gasteiger partial charge in [-0.1, -0.05) is 12.1 Å². The van der Waals surface area contributed by atoms with E-state index < -0.39 is 11.7 Å². The van der Waals surface area contributed by atoms with Crippen molar-refractivity contribution in [2.24, 2.45) is 7.05 Å². The molecule has 0 bridgehead atoms. The standard InChI is InChI=1S/C18H14F3N5/c1-25-11-14(8-23-25)13-6-17-16(22-7-13)9-24-26(17)10-12-3-2-4-15(5-12)18(19,20)21/h2-9,11H,10H2,1H3. The van der Waals surface area contributed by atoms with Crippen molar-refractivity contribution in [1.82, 2.24) is 24.5 Å². The molecule has 0 N–H and O–H groups in total. The van der Waals surface area contributed by atoms with Crippen LogP contribution in [0.5, 0.6) is 0 Å². The van der Waals surface area contributed by atoms with E-state index in [0.717, 1.165) is 28.8 Å². The zero-order chi connectivity index (χ0) is 18.3. The summed E-state index contributed by atoms with van der Waals surface area (Å²) in [6, 6.07) is 7.18. The van der Waals surface area contributed by atoms with E-state index in [1.807, 2.05) is 19.3 Å². The summed E-state index contributed by atoms with van der Waals surface area (Å²) < 4.78 is 42.1.